The third kappa shape index (κ3) is 3.69. The summed E-state index contributed by atoms with van der Waals surface area (Å²) in [4.78, 5) is 17.0. The highest BCUT2D eigenvalue weighted by atomic mass is 16.5. The van der Waals surface area contributed by atoms with Crippen LogP contribution < -0.4 is 5.32 Å². The van der Waals surface area contributed by atoms with E-state index in [4.69, 9.17) is 4.74 Å². The van der Waals surface area contributed by atoms with E-state index in [-0.39, 0.29) is 12.1 Å². The molecule has 0 spiro atoms. The molecule has 3 rings (SSSR count). The smallest absolute Gasteiger partial charge is 0.317 e. The number of likely N-dealkylation sites (tertiary alicyclic amines) is 1. The predicted molar refractivity (Wildman–Crippen MR) is 82.3 cm³/mol. The fourth-order valence-corrected chi connectivity index (χ4v) is 3.87. The van der Waals surface area contributed by atoms with Crippen molar-refractivity contribution < 1.29 is 9.53 Å². The molecule has 0 aromatic rings. The molecule has 2 heterocycles. The van der Waals surface area contributed by atoms with Crippen molar-refractivity contribution in [2.24, 2.45) is 5.92 Å². The molecular formula is C16H29N3O2. The number of rotatable bonds is 4. The zero-order valence-corrected chi connectivity index (χ0v) is 13.2. The largest absolute Gasteiger partial charge is 0.379 e. The van der Waals surface area contributed by atoms with Crippen LogP contribution in [0.4, 0.5) is 4.79 Å². The molecule has 3 aliphatic rings. The Morgan fingerprint density at radius 2 is 1.95 bits per heavy atom. The lowest BCUT2D eigenvalue weighted by Crippen LogP contribution is -2.52. The first-order chi connectivity index (χ1) is 10.2. The number of nitrogens with zero attached hydrogens (tertiary/aromatic N) is 2. The van der Waals surface area contributed by atoms with E-state index in [0.717, 1.165) is 45.3 Å². The molecule has 0 bridgehead atoms. The maximum atomic E-state index is 12.5. The Bertz CT molecular complexity index is 353. The van der Waals surface area contributed by atoms with Crippen molar-refractivity contribution in [3.63, 3.8) is 0 Å². The van der Waals surface area contributed by atoms with Crippen molar-refractivity contribution in [2.45, 2.75) is 51.1 Å². The molecule has 0 aromatic heterocycles. The summed E-state index contributed by atoms with van der Waals surface area (Å²) in [5.74, 6) is 0.771. The van der Waals surface area contributed by atoms with Gasteiger partial charge in [-0.25, -0.2) is 4.79 Å². The second kappa shape index (κ2) is 6.97. The molecule has 2 saturated heterocycles. The molecule has 21 heavy (non-hydrogen) atoms. The highest BCUT2D eigenvalue weighted by Gasteiger charge is 2.37. The number of carbonyl (C=O) groups excluding carboxylic acids is 1. The number of urea groups is 1. The number of ether oxygens (including phenoxy) is 1. The van der Waals surface area contributed by atoms with Crippen LogP contribution in [0.25, 0.3) is 0 Å². The van der Waals surface area contributed by atoms with E-state index in [1.807, 2.05) is 0 Å². The Hall–Kier alpha value is -0.810. The Morgan fingerprint density at radius 3 is 2.62 bits per heavy atom. The standard InChI is InChI=1S/C16H29N3O2/c1-13(12-18-8-10-21-11-9-18)17-16(20)19-7-3-6-15(19)14-4-2-5-14/h13-15H,2-12H2,1H3,(H,17,20)/t13-,15-/m0/s1. The Labute approximate surface area is 128 Å². The van der Waals surface area contributed by atoms with E-state index in [0.29, 0.717) is 6.04 Å². The fraction of sp³-hybridized carbons (Fsp3) is 0.938. The normalized spacial score (nSPS) is 29.2. The second-order valence-electron chi connectivity index (χ2n) is 6.86. The van der Waals surface area contributed by atoms with Gasteiger partial charge >= 0.3 is 6.03 Å². The van der Waals surface area contributed by atoms with Gasteiger partial charge in [-0.05, 0) is 38.5 Å². The van der Waals surface area contributed by atoms with Crippen LogP contribution in [0.15, 0.2) is 0 Å². The van der Waals surface area contributed by atoms with Gasteiger partial charge in [0, 0.05) is 38.3 Å². The SMILES string of the molecule is C[C@@H](CN1CCOCC1)NC(=O)N1CCC[C@H]1C1CCC1. The third-order valence-electron chi connectivity index (χ3n) is 5.26. The van der Waals surface area contributed by atoms with Gasteiger partial charge in [0.15, 0.2) is 0 Å². The highest BCUT2D eigenvalue weighted by Crippen LogP contribution is 2.37. The first-order valence-corrected chi connectivity index (χ1v) is 8.61. The first kappa shape index (κ1) is 15.1. The zero-order valence-electron chi connectivity index (χ0n) is 13.2. The molecule has 5 nitrogen and oxygen atoms in total. The molecule has 2 aliphatic heterocycles. The third-order valence-corrected chi connectivity index (χ3v) is 5.26. The number of nitrogens with one attached hydrogen (secondary N) is 1. The average molecular weight is 295 g/mol. The minimum absolute atomic E-state index is 0.158. The Kier molecular flexibility index (Phi) is 5.01. The second-order valence-corrected chi connectivity index (χ2v) is 6.86. The van der Waals surface area contributed by atoms with Crippen LogP contribution in [0.3, 0.4) is 0 Å². The number of morpholine rings is 1. The zero-order chi connectivity index (χ0) is 14.7. The van der Waals surface area contributed by atoms with Crippen molar-refractivity contribution in [1.82, 2.24) is 15.1 Å². The van der Waals surface area contributed by atoms with Gasteiger partial charge in [-0.2, -0.15) is 0 Å². The van der Waals surface area contributed by atoms with E-state index < -0.39 is 0 Å². The summed E-state index contributed by atoms with van der Waals surface area (Å²) in [5, 5.41) is 3.21. The summed E-state index contributed by atoms with van der Waals surface area (Å²) in [6.45, 7) is 7.58. The van der Waals surface area contributed by atoms with E-state index in [9.17, 15) is 4.79 Å². The van der Waals surface area contributed by atoms with E-state index in [2.05, 4.69) is 22.0 Å². The number of hydrogen-bond donors (Lipinski definition) is 1. The van der Waals surface area contributed by atoms with Crippen LogP contribution in [-0.4, -0.2) is 67.3 Å². The van der Waals surface area contributed by atoms with Gasteiger partial charge in [0.25, 0.3) is 0 Å². The molecule has 3 fully saturated rings. The van der Waals surface area contributed by atoms with Crippen LogP contribution in [-0.2, 0) is 4.74 Å². The maximum absolute atomic E-state index is 12.5. The number of hydrogen-bond acceptors (Lipinski definition) is 3. The highest BCUT2D eigenvalue weighted by molar-refractivity contribution is 5.75. The summed E-state index contributed by atoms with van der Waals surface area (Å²) < 4.78 is 5.37. The van der Waals surface area contributed by atoms with E-state index >= 15 is 0 Å². The van der Waals surface area contributed by atoms with Gasteiger partial charge in [0.05, 0.1) is 13.2 Å². The Morgan fingerprint density at radius 1 is 1.19 bits per heavy atom. The predicted octanol–water partition coefficient (Wildman–Crippen LogP) is 1.68. The van der Waals surface area contributed by atoms with Crippen LogP contribution >= 0.6 is 0 Å². The number of carbonyl (C=O) groups is 1. The molecule has 0 unspecified atom stereocenters. The van der Waals surface area contributed by atoms with Crippen molar-refractivity contribution in [1.29, 1.82) is 0 Å². The maximum Gasteiger partial charge on any atom is 0.317 e. The van der Waals surface area contributed by atoms with Crippen LogP contribution in [0.1, 0.15) is 39.0 Å². The average Bonchev–Trinajstić information content (AvgIpc) is 2.86. The molecule has 0 aromatic carbocycles. The fourth-order valence-electron chi connectivity index (χ4n) is 3.87. The van der Waals surface area contributed by atoms with Gasteiger partial charge in [-0.15, -0.1) is 0 Å². The van der Waals surface area contributed by atoms with Gasteiger partial charge in [-0.3, -0.25) is 4.90 Å². The summed E-state index contributed by atoms with van der Waals surface area (Å²) in [7, 11) is 0. The van der Waals surface area contributed by atoms with E-state index in [1.54, 1.807) is 0 Å². The summed E-state index contributed by atoms with van der Waals surface area (Å²) in [6, 6.07) is 0.873. The number of amides is 2. The molecular weight excluding hydrogens is 266 g/mol. The van der Waals surface area contributed by atoms with Gasteiger partial charge < -0.3 is 15.0 Å². The Balaban J connectivity index is 1.45. The molecule has 2 atom stereocenters. The topological polar surface area (TPSA) is 44.8 Å². The van der Waals surface area contributed by atoms with Crippen molar-refractivity contribution in [3.8, 4) is 0 Å². The van der Waals surface area contributed by atoms with Crippen LogP contribution in [0.5, 0.6) is 0 Å². The molecule has 1 aliphatic carbocycles. The molecule has 2 amide bonds. The lowest BCUT2D eigenvalue weighted by Gasteiger charge is -2.37. The van der Waals surface area contributed by atoms with Crippen LogP contribution in [0, 0.1) is 5.92 Å². The molecule has 1 N–H and O–H groups in total. The lowest BCUT2D eigenvalue weighted by molar-refractivity contribution is 0.0344. The summed E-state index contributed by atoms with van der Waals surface area (Å²) >= 11 is 0. The molecule has 0 radical (unpaired) electrons. The quantitative estimate of drug-likeness (QED) is 0.858. The van der Waals surface area contributed by atoms with E-state index in [1.165, 1.54) is 32.1 Å². The van der Waals surface area contributed by atoms with Crippen molar-refractivity contribution >= 4 is 6.03 Å². The molecule has 5 heteroatoms. The summed E-state index contributed by atoms with van der Waals surface area (Å²) in [6.07, 6.45) is 6.36. The van der Waals surface area contributed by atoms with Crippen molar-refractivity contribution in [2.75, 3.05) is 39.4 Å². The molecule has 1 saturated carbocycles. The lowest BCUT2D eigenvalue weighted by atomic mass is 9.79. The van der Waals surface area contributed by atoms with Gasteiger partial charge in [0.2, 0.25) is 0 Å². The van der Waals surface area contributed by atoms with Crippen LogP contribution in [0.2, 0.25) is 0 Å². The van der Waals surface area contributed by atoms with Gasteiger partial charge in [0.1, 0.15) is 0 Å². The van der Waals surface area contributed by atoms with Crippen molar-refractivity contribution in [3.05, 3.63) is 0 Å². The van der Waals surface area contributed by atoms with Gasteiger partial charge in [-0.1, -0.05) is 6.42 Å². The molecule has 120 valence electrons. The first-order valence-electron chi connectivity index (χ1n) is 8.61. The monoisotopic (exact) mass is 295 g/mol. The minimum Gasteiger partial charge on any atom is -0.379 e. The summed E-state index contributed by atoms with van der Waals surface area (Å²) in [5.41, 5.74) is 0. The minimum atomic E-state index is 0.158.